The molecule has 0 aliphatic carbocycles. The maximum Gasteiger partial charge on any atom is 0.254 e. The third kappa shape index (κ3) is 2.72. The fraction of sp³-hybridized carbons (Fsp3) is 0.611. The van der Waals surface area contributed by atoms with Gasteiger partial charge in [0.05, 0.1) is 7.11 Å². The van der Waals surface area contributed by atoms with Crippen LogP contribution in [0.25, 0.3) is 0 Å². The largest absolute Gasteiger partial charge is 0.496 e. The lowest BCUT2D eigenvalue weighted by molar-refractivity contribution is 0.0664. The highest BCUT2D eigenvalue weighted by Crippen LogP contribution is 2.30. The SMILES string of the molecule is COc1cc(C(=O)N2CCC[C@@H]2[C@H]2CCCN2C)ccc1C. The van der Waals surface area contributed by atoms with E-state index in [4.69, 9.17) is 4.74 Å². The molecule has 1 aromatic rings. The number of likely N-dealkylation sites (tertiary alicyclic amines) is 2. The van der Waals surface area contributed by atoms with Gasteiger partial charge in [0.1, 0.15) is 5.75 Å². The highest BCUT2D eigenvalue weighted by Gasteiger charge is 2.38. The molecule has 0 aromatic heterocycles. The highest BCUT2D eigenvalue weighted by molar-refractivity contribution is 5.95. The van der Waals surface area contributed by atoms with E-state index in [1.165, 1.54) is 12.8 Å². The third-order valence-electron chi connectivity index (χ3n) is 5.24. The minimum absolute atomic E-state index is 0.154. The molecule has 2 atom stereocenters. The molecule has 0 spiro atoms. The smallest absolute Gasteiger partial charge is 0.254 e. The van der Waals surface area contributed by atoms with Crippen molar-refractivity contribution in [2.45, 2.75) is 44.7 Å². The number of hydrogen-bond acceptors (Lipinski definition) is 3. The summed E-state index contributed by atoms with van der Waals surface area (Å²) in [6, 6.07) is 6.67. The Kier molecular flexibility index (Phi) is 4.39. The first-order valence-electron chi connectivity index (χ1n) is 8.27. The Morgan fingerprint density at radius 2 is 1.91 bits per heavy atom. The number of aryl methyl sites for hydroxylation is 1. The molecule has 2 heterocycles. The number of rotatable bonds is 3. The van der Waals surface area contributed by atoms with E-state index in [0.717, 1.165) is 42.8 Å². The van der Waals surface area contributed by atoms with Crippen LogP contribution < -0.4 is 4.74 Å². The van der Waals surface area contributed by atoms with Crippen molar-refractivity contribution >= 4 is 5.91 Å². The third-order valence-corrected chi connectivity index (χ3v) is 5.24. The van der Waals surface area contributed by atoms with Crippen molar-refractivity contribution in [2.24, 2.45) is 0 Å². The second kappa shape index (κ2) is 6.29. The molecule has 0 saturated carbocycles. The summed E-state index contributed by atoms with van der Waals surface area (Å²) in [5, 5.41) is 0. The molecule has 1 amide bonds. The molecule has 2 saturated heterocycles. The van der Waals surface area contributed by atoms with Gasteiger partial charge in [0.2, 0.25) is 0 Å². The van der Waals surface area contributed by atoms with Crippen LogP contribution in [-0.2, 0) is 0 Å². The van der Waals surface area contributed by atoms with Crippen LogP contribution in [-0.4, -0.2) is 55.0 Å². The van der Waals surface area contributed by atoms with E-state index in [-0.39, 0.29) is 5.91 Å². The molecule has 0 unspecified atom stereocenters. The number of methoxy groups -OCH3 is 1. The van der Waals surface area contributed by atoms with Crippen molar-refractivity contribution in [1.29, 1.82) is 0 Å². The molecule has 4 heteroatoms. The lowest BCUT2D eigenvalue weighted by Crippen LogP contribution is -2.47. The molecule has 2 fully saturated rings. The van der Waals surface area contributed by atoms with Gasteiger partial charge in [-0.2, -0.15) is 0 Å². The molecule has 3 rings (SSSR count). The Labute approximate surface area is 133 Å². The van der Waals surface area contributed by atoms with Gasteiger partial charge in [0.25, 0.3) is 5.91 Å². The molecule has 2 aliphatic heterocycles. The summed E-state index contributed by atoms with van der Waals surface area (Å²) in [7, 11) is 3.84. The summed E-state index contributed by atoms with van der Waals surface area (Å²) in [5.41, 5.74) is 1.81. The Morgan fingerprint density at radius 3 is 2.59 bits per heavy atom. The first-order chi connectivity index (χ1) is 10.6. The summed E-state index contributed by atoms with van der Waals surface area (Å²) in [6.45, 7) is 4.03. The van der Waals surface area contributed by atoms with Gasteiger partial charge in [-0.1, -0.05) is 6.07 Å². The van der Waals surface area contributed by atoms with E-state index in [9.17, 15) is 4.79 Å². The van der Waals surface area contributed by atoms with Gasteiger partial charge in [0.15, 0.2) is 0 Å². The summed E-state index contributed by atoms with van der Waals surface area (Å²) in [4.78, 5) is 17.5. The standard InChI is InChI=1S/C18H26N2O2/c1-13-8-9-14(12-17(13)22-3)18(21)20-11-5-7-16(20)15-6-4-10-19(15)2/h8-9,12,15-16H,4-7,10-11H2,1-3H3/t15-,16-/m1/s1. The zero-order valence-corrected chi connectivity index (χ0v) is 13.8. The lowest BCUT2D eigenvalue weighted by Gasteiger charge is -2.33. The van der Waals surface area contributed by atoms with E-state index in [2.05, 4.69) is 16.8 Å². The quantitative estimate of drug-likeness (QED) is 0.860. The van der Waals surface area contributed by atoms with Crippen LogP contribution in [0, 0.1) is 6.92 Å². The van der Waals surface area contributed by atoms with Gasteiger partial charge in [-0.15, -0.1) is 0 Å². The number of ether oxygens (including phenoxy) is 1. The van der Waals surface area contributed by atoms with Crippen molar-refractivity contribution in [1.82, 2.24) is 9.80 Å². The molecule has 0 bridgehead atoms. The first kappa shape index (κ1) is 15.3. The summed E-state index contributed by atoms with van der Waals surface area (Å²) in [5.74, 6) is 0.945. The van der Waals surface area contributed by atoms with Crippen LogP contribution in [0.15, 0.2) is 18.2 Å². The van der Waals surface area contributed by atoms with Crippen LogP contribution in [0.3, 0.4) is 0 Å². The van der Waals surface area contributed by atoms with Gasteiger partial charge >= 0.3 is 0 Å². The van der Waals surface area contributed by atoms with Gasteiger partial charge in [-0.3, -0.25) is 4.79 Å². The molecule has 0 radical (unpaired) electrons. The summed E-state index contributed by atoms with van der Waals surface area (Å²) < 4.78 is 5.36. The molecule has 1 aromatic carbocycles. The normalized spacial score (nSPS) is 25.7. The van der Waals surface area contributed by atoms with Crippen molar-refractivity contribution in [3.05, 3.63) is 29.3 Å². The maximum atomic E-state index is 13.0. The molecular formula is C18H26N2O2. The molecule has 0 N–H and O–H groups in total. The van der Waals surface area contributed by atoms with E-state index in [1.54, 1.807) is 7.11 Å². The van der Waals surface area contributed by atoms with Crippen LogP contribution in [0.1, 0.15) is 41.6 Å². The van der Waals surface area contributed by atoms with Crippen molar-refractivity contribution in [3.8, 4) is 5.75 Å². The zero-order valence-electron chi connectivity index (χ0n) is 13.8. The zero-order chi connectivity index (χ0) is 15.7. The molecule has 22 heavy (non-hydrogen) atoms. The number of nitrogens with zero attached hydrogens (tertiary/aromatic N) is 2. The monoisotopic (exact) mass is 302 g/mol. The predicted molar refractivity (Wildman–Crippen MR) is 87.4 cm³/mol. The number of likely N-dealkylation sites (N-methyl/N-ethyl adjacent to an activating group) is 1. The highest BCUT2D eigenvalue weighted by atomic mass is 16.5. The van der Waals surface area contributed by atoms with E-state index >= 15 is 0 Å². The predicted octanol–water partition coefficient (Wildman–Crippen LogP) is 2.70. The summed E-state index contributed by atoms with van der Waals surface area (Å²) in [6.07, 6.45) is 4.70. The van der Waals surface area contributed by atoms with E-state index in [0.29, 0.717) is 12.1 Å². The van der Waals surface area contributed by atoms with Gasteiger partial charge in [-0.25, -0.2) is 0 Å². The van der Waals surface area contributed by atoms with Crippen molar-refractivity contribution < 1.29 is 9.53 Å². The van der Waals surface area contributed by atoms with Crippen LogP contribution in [0.4, 0.5) is 0 Å². The number of carbonyl (C=O) groups excluding carboxylic acids is 1. The van der Waals surface area contributed by atoms with Crippen molar-refractivity contribution in [2.75, 3.05) is 27.2 Å². The van der Waals surface area contributed by atoms with Gasteiger partial charge < -0.3 is 14.5 Å². The Balaban J connectivity index is 1.81. The Morgan fingerprint density at radius 1 is 1.18 bits per heavy atom. The molecule has 2 aliphatic rings. The number of hydrogen-bond donors (Lipinski definition) is 0. The first-order valence-corrected chi connectivity index (χ1v) is 8.27. The Hall–Kier alpha value is -1.55. The van der Waals surface area contributed by atoms with Crippen molar-refractivity contribution in [3.63, 3.8) is 0 Å². The van der Waals surface area contributed by atoms with Crippen LogP contribution in [0.5, 0.6) is 5.75 Å². The number of benzene rings is 1. The second-order valence-electron chi connectivity index (χ2n) is 6.58. The molecular weight excluding hydrogens is 276 g/mol. The van der Waals surface area contributed by atoms with E-state index in [1.807, 2.05) is 25.1 Å². The average molecular weight is 302 g/mol. The second-order valence-corrected chi connectivity index (χ2v) is 6.58. The van der Waals surface area contributed by atoms with Crippen LogP contribution >= 0.6 is 0 Å². The minimum Gasteiger partial charge on any atom is -0.496 e. The fourth-order valence-corrected chi connectivity index (χ4v) is 3.99. The summed E-state index contributed by atoms with van der Waals surface area (Å²) >= 11 is 0. The Bertz CT molecular complexity index is 558. The van der Waals surface area contributed by atoms with Crippen LogP contribution in [0.2, 0.25) is 0 Å². The average Bonchev–Trinajstić information content (AvgIpc) is 3.15. The number of amides is 1. The molecule has 4 nitrogen and oxygen atoms in total. The number of carbonyl (C=O) groups is 1. The maximum absolute atomic E-state index is 13.0. The fourth-order valence-electron chi connectivity index (χ4n) is 3.99. The topological polar surface area (TPSA) is 32.8 Å². The minimum atomic E-state index is 0.154. The van der Waals surface area contributed by atoms with Gasteiger partial charge in [0, 0.05) is 24.2 Å². The van der Waals surface area contributed by atoms with Gasteiger partial charge in [-0.05, 0) is 63.9 Å². The lowest BCUT2D eigenvalue weighted by atomic mass is 10.0. The van der Waals surface area contributed by atoms with E-state index < -0.39 is 0 Å². The molecule has 120 valence electrons.